The molecule has 0 aromatic rings. The van der Waals surface area contributed by atoms with Gasteiger partial charge in [0, 0.05) is 0 Å². The maximum Gasteiger partial charge on any atom is 0.319 e. The number of hydrogen-bond donors (Lipinski definition) is 0. The number of aldehydes is 1. The molecule has 0 unspecified atom stereocenters. The third-order valence-electron chi connectivity index (χ3n) is 3.74. The summed E-state index contributed by atoms with van der Waals surface area (Å²) >= 11 is 0. The van der Waals surface area contributed by atoms with Crippen LogP contribution < -0.4 is 0 Å². The van der Waals surface area contributed by atoms with Crippen molar-refractivity contribution in [2.24, 2.45) is 5.92 Å². The van der Waals surface area contributed by atoms with Crippen molar-refractivity contribution in [3.63, 3.8) is 0 Å². The van der Waals surface area contributed by atoms with Crippen molar-refractivity contribution in [2.75, 3.05) is 20.3 Å². The van der Waals surface area contributed by atoms with Crippen LogP contribution in [0.3, 0.4) is 0 Å². The zero-order valence-corrected chi connectivity index (χ0v) is 11.6. The third-order valence-corrected chi connectivity index (χ3v) is 3.74. The Kier molecular flexibility index (Phi) is 5.28. The summed E-state index contributed by atoms with van der Waals surface area (Å²) in [4.78, 5) is 24.6. The third kappa shape index (κ3) is 2.90. The Morgan fingerprint density at radius 1 is 1.56 bits per heavy atom. The molecule has 0 aliphatic carbocycles. The summed E-state index contributed by atoms with van der Waals surface area (Å²) < 4.78 is 10.4. The first-order valence-electron chi connectivity index (χ1n) is 6.43. The Labute approximate surface area is 108 Å². The number of hydrogen-bond acceptors (Lipinski definition) is 5. The van der Waals surface area contributed by atoms with Gasteiger partial charge in [0.15, 0.2) is 0 Å². The predicted octanol–water partition coefficient (Wildman–Crippen LogP) is 1.21. The number of methoxy groups -OCH3 is 1. The highest BCUT2D eigenvalue weighted by molar-refractivity contribution is 5.73. The van der Waals surface area contributed by atoms with Crippen LogP contribution in [0.2, 0.25) is 0 Å². The van der Waals surface area contributed by atoms with E-state index in [1.165, 1.54) is 7.11 Å². The number of rotatable bonds is 6. The molecule has 0 aromatic heterocycles. The molecule has 0 amide bonds. The Morgan fingerprint density at radius 2 is 2.17 bits per heavy atom. The van der Waals surface area contributed by atoms with Crippen LogP contribution in [0.1, 0.15) is 33.6 Å². The van der Waals surface area contributed by atoms with E-state index in [1.54, 1.807) is 6.92 Å². The maximum absolute atomic E-state index is 11.5. The highest BCUT2D eigenvalue weighted by Crippen LogP contribution is 2.32. The minimum absolute atomic E-state index is 0.0902. The van der Waals surface area contributed by atoms with Gasteiger partial charge in [-0.25, -0.2) is 0 Å². The second kappa shape index (κ2) is 6.29. The Balaban J connectivity index is 2.90. The highest BCUT2D eigenvalue weighted by atomic mass is 16.5. The summed E-state index contributed by atoms with van der Waals surface area (Å²) in [5.74, 6) is -0.0269. The van der Waals surface area contributed by atoms with Crippen molar-refractivity contribution in [2.45, 2.75) is 45.4 Å². The fourth-order valence-electron chi connectivity index (χ4n) is 2.38. The average molecular weight is 257 g/mol. The Morgan fingerprint density at radius 3 is 2.61 bits per heavy atom. The van der Waals surface area contributed by atoms with Crippen LogP contribution in [0.25, 0.3) is 0 Å². The van der Waals surface area contributed by atoms with E-state index in [0.717, 1.165) is 19.1 Å². The van der Waals surface area contributed by atoms with Crippen LogP contribution in [-0.2, 0) is 19.1 Å². The largest absolute Gasteiger partial charge is 0.468 e. The molecule has 0 bridgehead atoms. The van der Waals surface area contributed by atoms with E-state index in [0.29, 0.717) is 12.5 Å². The second-order valence-corrected chi connectivity index (χ2v) is 4.96. The summed E-state index contributed by atoms with van der Waals surface area (Å²) in [7, 11) is 1.35. The quantitative estimate of drug-likeness (QED) is 0.529. The van der Waals surface area contributed by atoms with Crippen molar-refractivity contribution in [1.29, 1.82) is 0 Å². The summed E-state index contributed by atoms with van der Waals surface area (Å²) in [5, 5.41) is 0. The van der Waals surface area contributed by atoms with Crippen molar-refractivity contribution >= 4 is 12.3 Å². The van der Waals surface area contributed by atoms with E-state index in [1.807, 2.05) is 4.90 Å². The zero-order chi connectivity index (χ0) is 13.8. The smallest absolute Gasteiger partial charge is 0.319 e. The molecule has 1 rings (SSSR count). The molecule has 18 heavy (non-hydrogen) atoms. The monoisotopic (exact) mass is 257 g/mol. The van der Waals surface area contributed by atoms with Gasteiger partial charge in [-0.15, -0.1) is 0 Å². The van der Waals surface area contributed by atoms with E-state index in [2.05, 4.69) is 13.8 Å². The molecule has 104 valence electrons. The molecule has 1 aliphatic rings. The Hall–Kier alpha value is -0.940. The lowest BCUT2D eigenvalue weighted by Crippen LogP contribution is -2.52. The number of nitrogens with zero attached hydrogens (tertiary/aromatic N) is 1. The Bertz CT molecular complexity index is 303. The van der Waals surface area contributed by atoms with Crippen molar-refractivity contribution in [3.05, 3.63) is 0 Å². The summed E-state index contributed by atoms with van der Waals surface area (Å²) in [5.41, 5.74) is -0.735. The van der Waals surface area contributed by atoms with Crippen LogP contribution >= 0.6 is 0 Å². The average Bonchev–Trinajstić information content (AvgIpc) is 2.70. The van der Waals surface area contributed by atoms with Crippen LogP contribution in [0.5, 0.6) is 0 Å². The molecule has 1 aliphatic heterocycles. The minimum atomic E-state index is -0.735. The van der Waals surface area contributed by atoms with E-state index < -0.39 is 5.54 Å². The molecule has 1 heterocycles. The molecule has 5 heteroatoms. The molecule has 0 N–H and O–H groups in total. The fourth-order valence-corrected chi connectivity index (χ4v) is 2.38. The highest BCUT2D eigenvalue weighted by Gasteiger charge is 2.47. The number of ether oxygens (including phenoxy) is 2. The molecule has 5 nitrogen and oxygen atoms in total. The van der Waals surface area contributed by atoms with Crippen LogP contribution in [0.4, 0.5) is 0 Å². The summed E-state index contributed by atoms with van der Waals surface area (Å²) in [6, 6.07) is 0. The molecule has 0 saturated carbocycles. The van der Waals surface area contributed by atoms with Gasteiger partial charge in [-0.05, 0) is 25.7 Å². The van der Waals surface area contributed by atoms with Gasteiger partial charge in [-0.1, -0.05) is 13.8 Å². The van der Waals surface area contributed by atoms with E-state index in [4.69, 9.17) is 9.47 Å². The van der Waals surface area contributed by atoms with Gasteiger partial charge < -0.3 is 14.3 Å². The molecular formula is C13H23NO4. The summed E-state index contributed by atoms with van der Waals surface area (Å²) in [6.07, 6.45) is 2.58. The lowest BCUT2D eigenvalue weighted by Gasteiger charge is -2.34. The fraction of sp³-hybridized carbons (Fsp3) is 0.846. The van der Waals surface area contributed by atoms with Gasteiger partial charge >= 0.3 is 5.97 Å². The van der Waals surface area contributed by atoms with Gasteiger partial charge in [0.05, 0.1) is 20.3 Å². The maximum atomic E-state index is 11.5. The van der Waals surface area contributed by atoms with Gasteiger partial charge in [-0.3, -0.25) is 9.69 Å². The minimum Gasteiger partial charge on any atom is -0.468 e. The number of carbonyl (C=O) groups is 2. The van der Waals surface area contributed by atoms with E-state index in [-0.39, 0.29) is 18.7 Å². The van der Waals surface area contributed by atoms with Gasteiger partial charge in [0.25, 0.3) is 0 Å². The predicted molar refractivity (Wildman–Crippen MR) is 67.0 cm³/mol. The lowest BCUT2D eigenvalue weighted by atomic mass is 9.97. The molecule has 1 fully saturated rings. The normalized spacial score (nSPS) is 28.6. The second-order valence-electron chi connectivity index (χ2n) is 4.96. The first-order chi connectivity index (χ1) is 8.52. The van der Waals surface area contributed by atoms with Crippen LogP contribution in [0, 0.1) is 5.92 Å². The number of esters is 1. The van der Waals surface area contributed by atoms with E-state index in [9.17, 15) is 9.59 Å². The standard InChI is InChI=1S/C13H23NO4/c1-5-10(6-2)12-14(7-11(16)17-4)13(3,8-15)9-18-12/h8,10,12H,5-7,9H2,1-4H3/t12-,13-/m1/s1. The van der Waals surface area contributed by atoms with Crippen LogP contribution in [0.15, 0.2) is 0 Å². The van der Waals surface area contributed by atoms with Crippen LogP contribution in [-0.4, -0.2) is 49.2 Å². The topological polar surface area (TPSA) is 55.8 Å². The SMILES string of the molecule is CCC(CC)[C@H]1OC[C@@](C)(C=O)N1CC(=O)OC. The molecule has 1 saturated heterocycles. The number of carbonyl (C=O) groups excluding carboxylic acids is 2. The van der Waals surface area contributed by atoms with Crippen molar-refractivity contribution in [1.82, 2.24) is 4.90 Å². The van der Waals surface area contributed by atoms with Gasteiger partial charge in [0.2, 0.25) is 0 Å². The molecule has 0 aromatic carbocycles. The molecular weight excluding hydrogens is 234 g/mol. The van der Waals surface area contributed by atoms with Gasteiger partial charge in [-0.2, -0.15) is 0 Å². The lowest BCUT2D eigenvalue weighted by molar-refractivity contribution is -0.146. The molecule has 2 atom stereocenters. The zero-order valence-electron chi connectivity index (χ0n) is 11.6. The van der Waals surface area contributed by atoms with Gasteiger partial charge in [0.1, 0.15) is 18.1 Å². The first kappa shape index (κ1) is 15.1. The van der Waals surface area contributed by atoms with Crippen molar-refractivity contribution < 1.29 is 19.1 Å². The van der Waals surface area contributed by atoms with Crippen molar-refractivity contribution in [3.8, 4) is 0 Å². The van der Waals surface area contributed by atoms with E-state index >= 15 is 0 Å². The molecule has 0 spiro atoms. The summed E-state index contributed by atoms with van der Waals surface area (Å²) in [6.45, 7) is 6.39. The first-order valence-corrected chi connectivity index (χ1v) is 6.43. The molecule has 0 radical (unpaired) electrons.